The van der Waals surface area contributed by atoms with Crippen molar-refractivity contribution in [2.24, 2.45) is 11.8 Å². The number of carbonyl (C=O) groups excluding carboxylic acids is 2. The molecule has 0 radical (unpaired) electrons. The van der Waals surface area contributed by atoms with E-state index in [4.69, 9.17) is 14.6 Å². The van der Waals surface area contributed by atoms with E-state index in [1.165, 1.54) is 0 Å². The number of carbonyl (C=O) groups is 3. The number of carboxylic acid groups (broad SMARTS) is 1. The molecule has 1 saturated heterocycles. The van der Waals surface area contributed by atoms with Gasteiger partial charge in [0, 0.05) is 38.2 Å². The number of aliphatic carboxylic acids is 1. The third kappa shape index (κ3) is 9.24. The van der Waals surface area contributed by atoms with Gasteiger partial charge in [-0.2, -0.15) is 8.78 Å². The van der Waals surface area contributed by atoms with E-state index < -0.39 is 42.4 Å². The minimum Gasteiger partial charge on any atom is -0.481 e. The van der Waals surface area contributed by atoms with Crippen LogP contribution in [0.15, 0.2) is 12.2 Å². The molecule has 1 unspecified atom stereocenters. The lowest BCUT2D eigenvalue weighted by atomic mass is 9.86. The van der Waals surface area contributed by atoms with Crippen molar-refractivity contribution in [2.75, 3.05) is 6.61 Å². The summed E-state index contributed by atoms with van der Waals surface area (Å²) in [7, 11) is 0. The third-order valence-electron chi connectivity index (χ3n) is 6.55. The number of rotatable bonds is 15. The first kappa shape index (κ1) is 27.6. The van der Waals surface area contributed by atoms with Gasteiger partial charge in [-0.3, -0.25) is 14.4 Å². The Morgan fingerprint density at radius 1 is 1.21 bits per heavy atom. The van der Waals surface area contributed by atoms with Gasteiger partial charge in [0.1, 0.15) is 5.78 Å². The van der Waals surface area contributed by atoms with Crippen molar-refractivity contribution >= 4 is 17.5 Å². The van der Waals surface area contributed by atoms with Gasteiger partial charge in [-0.25, -0.2) is 0 Å². The van der Waals surface area contributed by atoms with E-state index in [2.05, 4.69) is 0 Å². The number of ketones is 2. The Kier molecular flexibility index (Phi) is 11.6. The minimum atomic E-state index is -3.33. The summed E-state index contributed by atoms with van der Waals surface area (Å²) in [4.78, 5) is 35.6. The van der Waals surface area contributed by atoms with Crippen LogP contribution in [-0.2, 0) is 23.9 Å². The van der Waals surface area contributed by atoms with Gasteiger partial charge in [0.15, 0.2) is 6.29 Å². The molecular formula is C25H38F2O6. The summed E-state index contributed by atoms with van der Waals surface area (Å²) in [5.41, 5.74) is 0. The van der Waals surface area contributed by atoms with Crippen molar-refractivity contribution in [2.45, 2.75) is 109 Å². The molecule has 0 amide bonds. The lowest BCUT2D eigenvalue weighted by Gasteiger charge is -2.30. The van der Waals surface area contributed by atoms with Crippen LogP contribution in [0.3, 0.4) is 0 Å². The van der Waals surface area contributed by atoms with E-state index in [1.54, 1.807) is 6.92 Å². The molecular weight excluding hydrogens is 434 g/mol. The van der Waals surface area contributed by atoms with Gasteiger partial charge in [-0.15, -0.1) is 0 Å². The normalized spacial score (nSPS) is 26.2. The summed E-state index contributed by atoms with van der Waals surface area (Å²) < 4.78 is 40.1. The number of allylic oxidation sites excluding steroid dienone is 2. The van der Waals surface area contributed by atoms with Crippen LogP contribution in [-0.4, -0.2) is 47.6 Å². The van der Waals surface area contributed by atoms with Crippen LogP contribution < -0.4 is 0 Å². The van der Waals surface area contributed by atoms with Crippen LogP contribution in [0.1, 0.15) is 90.4 Å². The molecule has 33 heavy (non-hydrogen) atoms. The Morgan fingerprint density at radius 2 is 2.00 bits per heavy atom. The summed E-state index contributed by atoms with van der Waals surface area (Å²) in [6.45, 7) is 2.40. The first-order valence-corrected chi connectivity index (χ1v) is 12.3. The minimum absolute atomic E-state index is 0.0150. The highest BCUT2D eigenvalue weighted by atomic mass is 19.3. The average Bonchev–Trinajstić information content (AvgIpc) is 3.07. The summed E-state index contributed by atoms with van der Waals surface area (Å²) in [5.74, 6) is -5.95. The Bertz CT molecular complexity index is 672. The maximum atomic E-state index is 14.2. The molecule has 0 aromatic carbocycles. The zero-order valence-electron chi connectivity index (χ0n) is 19.6. The Labute approximate surface area is 195 Å². The lowest BCUT2D eigenvalue weighted by Crippen LogP contribution is -2.33. The van der Waals surface area contributed by atoms with Gasteiger partial charge in [0.05, 0.1) is 6.10 Å². The van der Waals surface area contributed by atoms with Crippen LogP contribution in [0.5, 0.6) is 0 Å². The molecule has 0 bridgehead atoms. The first-order chi connectivity index (χ1) is 15.7. The van der Waals surface area contributed by atoms with E-state index in [-0.39, 0.29) is 37.4 Å². The Balaban J connectivity index is 2.00. The molecule has 188 valence electrons. The predicted octanol–water partition coefficient (Wildman–Crippen LogP) is 5.48. The number of unbranched alkanes of at least 4 members (excludes halogenated alkanes) is 2. The van der Waals surface area contributed by atoms with E-state index in [0.29, 0.717) is 38.7 Å². The van der Waals surface area contributed by atoms with E-state index in [9.17, 15) is 23.2 Å². The highest BCUT2D eigenvalue weighted by molar-refractivity contribution is 5.86. The number of alkyl halides is 2. The monoisotopic (exact) mass is 472 g/mol. The molecule has 1 heterocycles. The molecule has 0 aromatic rings. The standard InChI is InChI=1S/C25H38F2O6/c1-2-3-15-25(26,27)22(29)14-13-19-18(10-6-4-5-7-11-23(30)31)20(28)17-21(19)33-24-12-8-9-16-32-24/h4,6,18-19,21,24H,2-3,5,7-17H2,1H3,(H,30,31)/t18-,19-,21-,24?/m1/s1. The highest BCUT2D eigenvalue weighted by Crippen LogP contribution is 2.39. The molecule has 2 aliphatic rings. The van der Waals surface area contributed by atoms with Crippen molar-refractivity contribution in [1.29, 1.82) is 0 Å². The maximum absolute atomic E-state index is 14.2. The van der Waals surface area contributed by atoms with Gasteiger partial charge in [-0.05, 0) is 57.3 Å². The topological polar surface area (TPSA) is 89.9 Å². The zero-order valence-corrected chi connectivity index (χ0v) is 19.6. The molecule has 2 rings (SSSR count). The molecule has 1 N–H and O–H groups in total. The molecule has 1 aliphatic carbocycles. The second kappa shape index (κ2) is 13.9. The summed E-state index contributed by atoms with van der Waals surface area (Å²) in [5, 5.41) is 8.71. The number of carboxylic acids is 1. The Morgan fingerprint density at radius 3 is 2.67 bits per heavy atom. The summed E-state index contributed by atoms with van der Waals surface area (Å²) >= 11 is 0. The van der Waals surface area contributed by atoms with Crippen molar-refractivity contribution in [3.8, 4) is 0 Å². The fourth-order valence-electron chi connectivity index (χ4n) is 4.61. The average molecular weight is 473 g/mol. The Hall–Kier alpha value is -1.67. The van der Waals surface area contributed by atoms with E-state index in [1.807, 2.05) is 12.2 Å². The van der Waals surface area contributed by atoms with Crippen LogP contribution in [0.4, 0.5) is 8.78 Å². The van der Waals surface area contributed by atoms with Gasteiger partial charge in [-0.1, -0.05) is 25.5 Å². The molecule has 0 spiro atoms. The van der Waals surface area contributed by atoms with Gasteiger partial charge in [0.2, 0.25) is 5.78 Å². The molecule has 6 nitrogen and oxygen atoms in total. The lowest BCUT2D eigenvalue weighted by molar-refractivity contribution is -0.196. The van der Waals surface area contributed by atoms with Crippen LogP contribution >= 0.6 is 0 Å². The van der Waals surface area contributed by atoms with Crippen molar-refractivity contribution in [3.05, 3.63) is 12.2 Å². The van der Waals surface area contributed by atoms with Gasteiger partial charge in [0.25, 0.3) is 0 Å². The molecule has 0 aromatic heterocycles. The van der Waals surface area contributed by atoms with Crippen molar-refractivity contribution < 1.29 is 37.7 Å². The SMILES string of the molecule is CCCCC(F)(F)C(=O)CC[C@H]1[C@H](OC2CCCCO2)CC(=O)[C@@H]1CC=CCCCC(=O)O. The fraction of sp³-hybridized carbons (Fsp3) is 0.800. The number of halogens is 2. The fourth-order valence-corrected chi connectivity index (χ4v) is 4.61. The number of hydrogen-bond acceptors (Lipinski definition) is 5. The molecule has 1 aliphatic heterocycles. The largest absolute Gasteiger partial charge is 0.481 e. The number of hydrogen-bond donors (Lipinski definition) is 1. The van der Waals surface area contributed by atoms with Crippen LogP contribution in [0.25, 0.3) is 0 Å². The van der Waals surface area contributed by atoms with Crippen LogP contribution in [0, 0.1) is 11.8 Å². The van der Waals surface area contributed by atoms with E-state index in [0.717, 1.165) is 19.3 Å². The predicted molar refractivity (Wildman–Crippen MR) is 119 cm³/mol. The summed E-state index contributed by atoms with van der Waals surface area (Å²) in [6, 6.07) is 0. The quantitative estimate of drug-likeness (QED) is 0.251. The smallest absolute Gasteiger partial charge is 0.305 e. The van der Waals surface area contributed by atoms with Crippen molar-refractivity contribution in [3.63, 3.8) is 0 Å². The molecule has 4 atom stereocenters. The highest BCUT2D eigenvalue weighted by Gasteiger charge is 2.45. The maximum Gasteiger partial charge on any atom is 0.305 e. The van der Waals surface area contributed by atoms with Gasteiger partial charge < -0.3 is 14.6 Å². The van der Waals surface area contributed by atoms with Crippen molar-refractivity contribution in [1.82, 2.24) is 0 Å². The first-order valence-electron chi connectivity index (χ1n) is 12.3. The second-order valence-electron chi connectivity index (χ2n) is 9.17. The molecule has 2 fully saturated rings. The zero-order chi connectivity index (χ0) is 24.3. The molecule has 1 saturated carbocycles. The molecule has 8 heteroatoms. The number of Topliss-reactive ketones (excluding diaryl/α,β-unsaturated/α-hetero) is 2. The van der Waals surface area contributed by atoms with Crippen LogP contribution in [0.2, 0.25) is 0 Å². The van der Waals surface area contributed by atoms with E-state index >= 15 is 0 Å². The van der Waals surface area contributed by atoms with Gasteiger partial charge >= 0.3 is 11.9 Å². The number of ether oxygens (including phenoxy) is 2. The summed E-state index contributed by atoms with van der Waals surface area (Å²) in [6.07, 6.45) is 7.72. The third-order valence-corrected chi connectivity index (χ3v) is 6.55. The second-order valence-corrected chi connectivity index (χ2v) is 9.17.